The first-order valence-corrected chi connectivity index (χ1v) is 19.2. The van der Waals surface area contributed by atoms with E-state index in [0.29, 0.717) is 17.8 Å². The van der Waals surface area contributed by atoms with Crippen LogP contribution >= 0.6 is 0 Å². The number of rotatable bonds is 13. The summed E-state index contributed by atoms with van der Waals surface area (Å²) in [6.45, 7) is 20.6. The molecular formula is C46H62N2O2. The Bertz CT molecular complexity index is 1670. The summed E-state index contributed by atoms with van der Waals surface area (Å²) in [6, 6.07) is 21.7. The van der Waals surface area contributed by atoms with Crippen molar-refractivity contribution in [2.75, 3.05) is 11.5 Å². The second-order valence-electron chi connectivity index (χ2n) is 15.7. The zero-order valence-corrected chi connectivity index (χ0v) is 32.3. The number of hydrogen-bond donors (Lipinski definition) is 2. The second-order valence-corrected chi connectivity index (χ2v) is 15.7. The van der Waals surface area contributed by atoms with Crippen LogP contribution in [0.15, 0.2) is 60.7 Å². The van der Waals surface area contributed by atoms with Gasteiger partial charge >= 0.3 is 0 Å². The number of aryl methyl sites for hydroxylation is 6. The molecule has 0 saturated heterocycles. The monoisotopic (exact) mass is 674 g/mol. The highest BCUT2D eigenvalue weighted by atomic mass is 16.5. The molecule has 4 N–H and O–H groups in total. The molecule has 1 aliphatic carbocycles. The summed E-state index contributed by atoms with van der Waals surface area (Å²) in [6.07, 6.45) is 10.1. The standard InChI is InChI=1S/C46H62N2O2/c1-10-12-14-35-26-40(31(6)24-44(35)49-37-17-20-42(47)33(8)22-37)46(28-30(5)16-19-39(46)29(3)4)41-27-36(15-13-11-2)45(25-32(41)7)50-38-18-21-43(48)34(9)23-38/h17-18,20-27,29-30,39H,10-16,19,28,47-48H2,1-9H3. The summed E-state index contributed by atoms with van der Waals surface area (Å²) in [4.78, 5) is 0. The Hall–Kier alpha value is -3.92. The maximum absolute atomic E-state index is 6.69. The van der Waals surface area contributed by atoms with Gasteiger partial charge in [-0.15, -0.1) is 0 Å². The third-order valence-corrected chi connectivity index (χ3v) is 11.4. The number of hydrogen-bond acceptors (Lipinski definition) is 4. The fourth-order valence-electron chi connectivity index (χ4n) is 8.59. The van der Waals surface area contributed by atoms with Gasteiger partial charge in [0.1, 0.15) is 23.0 Å². The maximum Gasteiger partial charge on any atom is 0.130 e. The number of nitrogen functional groups attached to an aromatic ring is 2. The molecule has 5 rings (SSSR count). The minimum atomic E-state index is -0.130. The smallest absolute Gasteiger partial charge is 0.130 e. The second kappa shape index (κ2) is 16.0. The lowest BCUT2D eigenvalue weighted by Gasteiger charge is -2.51. The Morgan fingerprint density at radius 2 is 1.12 bits per heavy atom. The highest BCUT2D eigenvalue weighted by Crippen LogP contribution is 2.56. The molecule has 0 aliphatic heterocycles. The Labute approximate surface area is 303 Å². The van der Waals surface area contributed by atoms with Gasteiger partial charge in [0.05, 0.1) is 0 Å². The lowest BCUT2D eigenvalue weighted by atomic mass is 9.53. The SMILES string of the molecule is CCCCc1cc(C2(c3cc(CCCC)c(Oc4ccc(N)c(C)c4)cc3C)CC(C)CCC2C(C)C)c(C)cc1Oc1ccc(N)c(C)c1. The van der Waals surface area contributed by atoms with Crippen LogP contribution in [0.3, 0.4) is 0 Å². The van der Waals surface area contributed by atoms with Crippen LogP contribution in [-0.2, 0) is 18.3 Å². The van der Waals surface area contributed by atoms with Crippen LogP contribution in [0.25, 0.3) is 0 Å². The lowest BCUT2D eigenvalue weighted by molar-refractivity contribution is 0.134. The molecule has 268 valence electrons. The van der Waals surface area contributed by atoms with Crippen LogP contribution in [0.2, 0.25) is 0 Å². The number of benzene rings is 4. The van der Waals surface area contributed by atoms with Crippen molar-refractivity contribution in [2.24, 2.45) is 17.8 Å². The van der Waals surface area contributed by atoms with Crippen LogP contribution in [0.1, 0.15) is 124 Å². The largest absolute Gasteiger partial charge is 0.457 e. The van der Waals surface area contributed by atoms with Crippen molar-refractivity contribution in [1.82, 2.24) is 0 Å². The first kappa shape index (κ1) is 37.3. The molecule has 0 heterocycles. The normalized spacial score (nSPS) is 17.2. The van der Waals surface area contributed by atoms with Crippen molar-refractivity contribution in [3.8, 4) is 23.0 Å². The first-order valence-electron chi connectivity index (χ1n) is 19.2. The molecule has 50 heavy (non-hydrogen) atoms. The third-order valence-electron chi connectivity index (χ3n) is 11.4. The molecule has 0 aromatic heterocycles. The molecule has 4 aromatic carbocycles. The average Bonchev–Trinajstić information content (AvgIpc) is 3.07. The van der Waals surface area contributed by atoms with E-state index in [1.165, 1.54) is 46.2 Å². The fourth-order valence-corrected chi connectivity index (χ4v) is 8.59. The molecule has 4 heteroatoms. The Balaban J connectivity index is 1.72. The van der Waals surface area contributed by atoms with Crippen molar-refractivity contribution in [3.05, 3.63) is 105 Å². The van der Waals surface area contributed by atoms with E-state index in [9.17, 15) is 0 Å². The Kier molecular flexibility index (Phi) is 11.9. The Morgan fingerprint density at radius 1 is 0.660 bits per heavy atom. The molecule has 0 amide bonds. The van der Waals surface area contributed by atoms with Gasteiger partial charge in [-0.25, -0.2) is 0 Å². The summed E-state index contributed by atoms with van der Waals surface area (Å²) in [5, 5.41) is 0. The predicted octanol–water partition coefficient (Wildman–Crippen LogP) is 12.7. The van der Waals surface area contributed by atoms with Crippen molar-refractivity contribution in [2.45, 2.75) is 126 Å². The van der Waals surface area contributed by atoms with Crippen LogP contribution < -0.4 is 20.9 Å². The first-order chi connectivity index (χ1) is 23.9. The summed E-state index contributed by atoms with van der Waals surface area (Å²) < 4.78 is 13.4. The van der Waals surface area contributed by atoms with Crippen LogP contribution in [0, 0.1) is 45.4 Å². The van der Waals surface area contributed by atoms with E-state index in [-0.39, 0.29) is 5.41 Å². The van der Waals surface area contributed by atoms with Crippen LogP contribution in [0.4, 0.5) is 11.4 Å². The molecule has 1 aliphatic rings. The van der Waals surface area contributed by atoms with Crippen LogP contribution in [-0.4, -0.2) is 0 Å². The number of nitrogens with two attached hydrogens (primary N) is 2. The number of ether oxygens (including phenoxy) is 2. The molecule has 4 nitrogen and oxygen atoms in total. The summed E-state index contributed by atoms with van der Waals surface area (Å²) in [5.41, 5.74) is 24.0. The van der Waals surface area contributed by atoms with E-state index in [4.69, 9.17) is 20.9 Å². The average molecular weight is 675 g/mol. The van der Waals surface area contributed by atoms with E-state index in [1.54, 1.807) is 0 Å². The highest BCUT2D eigenvalue weighted by Gasteiger charge is 2.48. The molecule has 1 fully saturated rings. The molecular weight excluding hydrogens is 613 g/mol. The quantitative estimate of drug-likeness (QED) is 0.138. The molecule has 2 atom stereocenters. The van der Waals surface area contributed by atoms with Crippen molar-refractivity contribution < 1.29 is 9.47 Å². The minimum Gasteiger partial charge on any atom is -0.457 e. The fraction of sp³-hybridized carbons (Fsp3) is 0.478. The summed E-state index contributed by atoms with van der Waals surface area (Å²) in [7, 11) is 0. The van der Waals surface area contributed by atoms with Gasteiger partial charge in [-0.1, -0.05) is 66.0 Å². The van der Waals surface area contributed by atoms with E-state index >= 15 is 0 Å². The maximum atomic E-state index is 6.69. The van der Waals surface area contributed by atoms with Gasteiger partial charge in [-0.3, -0.25) is 0 Å². The lowest BCUT2D eigenvalue weighted by Crippen LogP contribution is -2.45. The number of unbranched alkanes of at least 4 members (excludes halogenated alkanes) is 2. The van der Waals surface area contributed by atoms with Crippen LogP contribution in [0.5, 0.6) is 23.0 Å². The summed E-state index contributed by atoms with van der Waals surface area (Å²) in [5.74, 6) is 5.26. The highest BCUT2D eigenvalue weighted by molar-refractivity contribution is 5.58. The molecule has 1 saturated carbocycles. The van der Waals surface area contributed by atoms with E-state index in [1.807, 2.05) is 38.1 Å². The Morgan fingerprint density at radius 3 is 1.52 bits per heavy atom. The van der Waals surface area contributed by atoms with E-state index in [0.717, 1.165) is 90.4 Å². The zero-order chi connectivity index (χ0) is 36.2. The molecule has 4 aromatic rings. The minimum absolute atomic E-state index is 0.130. The van der Waals surface area contributed by atoms with E-state index in [2.05, 4.69) is 84.9 Å². The zero-order valence-electron chi connectivity index (χ0n) is 32.3. The predicted molar refractivity (Wildman–Crippen MR) is 213 cm³/mol. The van der Waals surface area contributed by atoms with Gasteiger partial charge in [0, 0.05) is 16.8 Å². The third kappa shape index (κ3) is 7.85. The molecule has 0 bridgehead atoms. The van der Waals surface area contributed by atoms with Crippen molar-refractivity contribution in [1.29, 1.82) is 0 Å². The molecule has 0 spiro atoms. The van der Waals surface area contributed by atoms with Gasteiger partial charge in [0.15, 0.2) is 0 Å². The van der Waals surface area contributed by atoms with E-state index < -0.39 is 0 Å². The topological polar surface area (TPSA) is 70.5 Å². The van der Waals surface area contributed by atoms with Gasteiger partial charge in [-0.05, 0) is 177 Å². The van der Waals surface area contributed by atoms with Crippen molar-refractivity contribution in [3.63, 3.8) is 0 Å². The van der Waals surface area contributed by atoms with Gasteiger partial charge in [0.2, 0.25) is 0 Å². The molecule has 2 unspecified atom stereocenters. The number of anilines is 2. The van der Waals surface area contributed by atoms with Gasteiger partial charge < -0.3 is 20.9 Å². The van der Waals surface area contributed by atoms with Gasteiger partial charge in [-0.2, -0.15) is 0 Å². The summed E-state index contributed by atoms with van der Waals surface area (Å²) >= 11 is 0. The molecule has 0 radical (unpaired) electrons. The van der Waals surface area contributed by atoms with Gasteiger partial charge in [0.25, 0.3) is 0 Å². The van der Waals surface area contributed by atoms with Crippen molar-refractivity contribution >= 4 is 11.4 Å².